The lowest BCUT2D eigenvalue weighted by Crippen LogP contribution is -2.39. The summed E-state index contributed by atoms with van der Waals surface area (Å²) < 4.78 is 0. The Morgan fingerprint density at radius 1 is 1.53 bits per heavy atom. The highest BCUT2D eigenvalue weighted by molar-refractivity contribution is 5.92. The summed E-state index contributed by atoms with van der Waals surface area (Å²) in [5, 5.41) is 11.5. The van der Waals surface area contributed by atoms with Crippen LogP contribution in [-0.2, 0) is 0 Å². The molecule has 1 fully saturated rings. The van der Waals surface area contributed by atoms with E-state index in [1.54, 1.807) is 18.3 Å². The van der Waals surface area contributed by atoms with Crippen molar-refractivity contribution in [2.75, 3.05) is 6.61 Å². The Morgan fingerprint density at radius 2 is 2.35 bits per heavy atom. The third kappa shape index (κ3) is 3.05. The lowest BCUT2D eigenvalue weighted by molar-refractivity contribution is 0.0912. The van der Waals surface area contributed by atoms with Gasteiger partial charge in [0.1, 0.15) is 12.3 Å². The summed E-state index contributed by atoms with van der Waals surface area (Å²) in [6.07, 6.45) is 4.85. The zero-order chi connectivity index (χ0) is 12.1. The van der Waals surface area contributed by atoms with Gasteiger partial charge in [-0.25, -0.2) is 4.98 Å². The van der Waals surface area contributed by atoms with E-state index < -0.39 is 0 Å². The van der Waals surface area contributed by atoms with Gasteiger partial charge in [0.15, 0.2) is 0 Å². The zero-order valence-corrected chi connectivity index (χ0v) is 9.44. The van der Waals surface area contributed by atoms with Crippen molar-refractivity contribution in [3.8, 4) is 11.8 Å². The monoisotopic (exact) mass is 230 g/mol. The summed E-state index contributed by atoms with van der Waals surface area (Å²) >= 11 is 0. The van der Waals surface area contributed by atoms with Crippen molar-refractivity contribution >= 4 is 5.91 Å². The average molecular weight is 230 g/mol. The highest BCUT2D eigenvalue weighted by Crippen LogP contribution is 2.18. The molecule has 0 saturated heterocycles. The second-order valence-corrected chi connectivity index (χ2v) is 3.99. The zero-order valence-electron chi connectivity index (χ0n) is 9.44. The summed E-state index contributed by atoms with van der Waals surface area (Å²) in [5.74, 6) is 5.13. The average Bonchev–Trinajstić information content (AvgIpc) is 2.31. The van der Waals surface area contributed by atoms with Crippen molar-refractivity contribution in [2.45, 2.75) is 25.3 Å². The van der Waals surface area contributed by atoms with E-state index in [0.29, 0.717) is 17.3 Å². The van der Waals surface area contributed by atoms with Gasteiger partial charge in [-0.3, -0.25) is 4.79 Å². The minimum atomic E-state index is -0.177. The number of rotatable bonds is 2. The lowest BCUT2D eigenvalue weighted by atomic mass is 9.93. The molecule has 0 atom stereocenters. The summed E-state index contributed by atoms with van der Waals surface area (Å²) in [6, 6.07) is 3.69. The maximum atomic E-state index is 11.7. The molecule has 4 nitrogen and oxygen atoms in total. The van der Waals surface area contributed by atoms with Gasteiger partial charge in [0, 0.05) is 17.8 Å². The fourth-order valence-electron chi connectivity index (χ4n) is 1.56. The largest absolute Gasteiger partial charge is 0.384 e. The summed E-state index contributed by atoms with van der Waals surface area (Å²) in [4.78, 5) is 15.8. The van der Waals surface area contributed by atoms with Gasteiger partial charge in [-0.05, 0) is 31.4 Å². The van der Waals surface area contributed by atoms with Crippen LogP contribution in [0.15, 0.2) is 18.3 Å². The van der Waals surface area contributed by atoms with Gasteiger partial charge in [-0.2, -0.15) is 0 Å². The van der Waals surface area contributed by atoms with Crippen LogP contribution < -0.4 is 5.32 Å². The van der Waals surface area contributed by atoms with Crippen LogP contribution in [0.4, 0.5) is 0 Å². The number of carbonyl (C=O) groups excluding carboxylic acids is 1. The Kier molecular flexibility index (Phi) is 3.73. The van der Waals surface area contributed by atoms with Crippen LogP contribution in [0.1, 0.15) is 35.3 Å². The summed E-state index contributed by atoms with van der Waals surface area (Å²) in [6.45, 7) is -0.177. The van der Waals surface area contributed by atoms with Gasteiger partial charge < -0.3 is 10.4 Å². The molecule has 1 aliphatic carbocycles. The van der Waals surface area contributed by atoms with Gasteiger partial charge in [0.2, 0.25) is 0 Å². The van der Waals surface area contributed by atoms with Crippen molar-refractivity contribution in [3.63, 3.8) is 0 Å². The van der Waals surface area contributed by atoms with E-state index in [4.69, 9.17) is 5.11 Å². The number of hydrogen-bond donors (Lipinski definition) is 2. The lowest BCUT2D eigenvalue weighted by Gasteiger charge is -2.26. The van der Waals surface area contributed by atoms with E-state index >= 15 is 0 Å². The number of aliphatic hydroxyl groups is 1. The first-order valence-corrected chi connectivity index (χ1v) is 5.66. The fraction of sp³-hybridized carbons (Fsp3) is 0.385. The number of hydrogen-bond acceptors (Lipinski definition) is 3. The quantitative estimate of drug-likeness (QED) is 0.735. The molecule has 1 aliphatic rings. The molecule has 0 radical (unpaired) electrons. The molecule has 1 heterocycles. The molecule has 1 aromatic heterocycles. The number of amides is 1. The van der Waals surface area contributed by atoms with Crippen molar-refractivity contribution in [1.29, 1.82) is 0 Å². The molecule has 17 heavy (non-hydrogen) atoms. The van der Waals surface area contributed by atoms with E-state index in [1.165, 1.54) is 6.42 Å². The molecule has 2 rings (SSSR count). The summed E-state index contributed by atoms with van der Waals surface area (Å²) in [5.41, 5.74) is 1.10. The number of nitrogens with one attached hydrogen (secondary N) is 1. The Hall–Kier alpha value is -1.86. The second-order valence-electron chi connectivity index (χ2n) is 3.99. The minimum Gasteiger partial charge on any atom is -0.384 e. The third-order valence-corrected chi connectivity index (χ3v) is 2.75. The molecule has 0 aliphatic heterocycles. The number of carbonyl (C=O) groups is 1. The van der Waals surface area contributed by atoms with Crippen molar-refractivity contribution < 1.29 is 9.90 Å². The fourth-order valence-corrected chi connectivity index (χ4v) is 1.56. The molecular formula is C13H14N2O2. The van der Waals surface area contributed by atoms with Crippen LogP contribution in [-0.4, -0.2) is 28.6 Å². The first kappa shape index (κ1) is 11.6. The van der Waals surface area contributed by atoms with E-state index in [1.807, 2.05) is 0 Å². The maximum absolute atomic E-state index is 11.7. The predicted octanol–water partition coefficient (Wildman–Crippen LogP) is 0.708. The SMILES string of the molecule is O=C(NC1CCC1)c1ccc(C#CCO)cn1. The second kappa shape index (κ2) is 5.46. The van der Waals surface area contributed by atoms with Crippen LogP contribution in [0.5, 0.6) is 0 Å². The molecule has 1 aromatic rings. The molecular weight excluding hydrogens is 216 g/mol. The topological polar surface area (TPSA) is 62.2 Å². The Morgan fingerprint density at radius 3 is 2.88 bits per heavy atom. The molecule has 4 heteroatoms. The van der Waals surface area contributed by atoms with Gasteiger partial charge in [0.05, 0.1) is 0 Å². The van der Waals surface area contributed by atoms with E-state index in [9.17, 15) is 4.79 Å². The standard InChI is InChI=1S/C13H14N2O2/c16-8-2-3-10-6-7-12(14-9-10)13(17)15-11-4-1-5-11/h6-7,9,11,16H,1,4-5,8H2,(H,15,17). The number of nitrogens with zero attached hydrogens (tertiary/aromatic N) is 1. The van der Waals surface area contributed by atoms with Gasteiger partial charge in [-0.15, -0.1) is 0 Å². The molecule has 88 valence electrons. The van der Waals surface area contributed by atoms with Crippen LogP contribution in [0.3, 0.4) is 0 Å². The smallest absolute Gasteiger partial charge is 0.270 e. The van der Waals surface area contributed by atoms with Crippen LogP contribution >= 0.6 is 0 Å². The molecule has 0 bridgehead atoms. The van der Waals surface area contributed by atoms with Gasteiger partial charge in [-0.1, -0.05) is 11.8 Å². The predicted molar refractivity (Wildman–Crippen MR) is 63.3 cm³/mol. The Bertz CT molecular complexity index is 453. The van der Waals surface area contributed by atoms with Gasteiger partial charge >= 0.3 is 0 Å². The van der Waals surface area contributed by atoms with Crippen molar-refractivity contribution in [2.24, 2.45) is 0 Å². The molecule has 0 aromatic carbocycles. The first-order valence-electron chi connectivity index (χ1n) is 5.66. The number of aliphatic hydroxyl groups excluding tert-OH is 1. The molecule has 0 spiro atoms. The minimum absolute atomic E-state index is 0.128. The first-order chi connectivity index (χ1) is 8.29. The van der Waals surface area contributed by atoms with Crippen molar-refractivity contribution in [1.82, 2.24) is 10.3 Å². The van der Waals surface area contributed by atoms with Crippen LogP contribution in [0.2, 0.25) is 0 Å². The highest BCUT2D eigenvalue weighted by atomic mass is 16.2. The normalized spacial score (nSPS) is 14.4. The van der Waals surface area contributed by atoms with E-state index in [-0.39, 0.29) is 12.5 Å². The van der Waals surface area contributed by atoms with Gasteiger partial charge in [0.25, 0.3) is 5.91 Å². The molecule has 0 unspecified atom stereocenters. The number of aromatic nitrogens is 1. The Labute approximate surface area is 100 Å². The maximum Gasteiger partial charge on any atom is 0.270 e. The number of pyridine rings is 1. The van der Waals surface area contributed by atoms with E-state index in [2.05, 4.69) is 22.1 Å². The molecule has 1 saturated carbocycles. The van der Waals surface area contributed by atoms with E-state index in [0.717, 1.165) is 12.8 Å². The third-order valence-electron chi connectivity index (χ3n) is 2.75. The molecule has 2 N–H and O–H groups in total. The Balaban J connectivity index is 1.98. The van der Waals surface area contributed by atoms with Crippen LogP contribution in [0, 0.1) is 11.8 Å². The molecule has 1 amide bonds. The highest BCUT2D eigenvalue weighted by Gasteiger charge is 2.20. The van der Waals surface area contributed by atoms with Crippen molar-refractivity contribution in [3.05, 3.63) is 29.6 Å². The van der Waals surface area contributed by atoms with Crippen LogP contribution in [0.25, 0.3) is 0 Å². The summed E-state index contributed by atoms with van der Waals surface area (Å²) in [7, 11) is 0.